The number of morpholine rings is 1. The van der Waals surface area contributed by atoms with E-state index in [1.807, 2.05) is 0 Å². The van der Waals surface area contributed by atoms with Gasteiger partial charge in [0.05, 0.1) is 12.6 Å². The van der Waals surface area contributed by atoms with E-state index in [-0.39, 0.29) is 12.1 Å². The zero-order valence-corrected chi connectivity index (χ0v) is 11.9. The average Bonchev–Trinajstić information content (AvgIpc) is 3.17. The van der Waals surface area contributed by atoms with E-state index >= 15 is 0 Å². The Balaban J connectivity index is 1.47. The van der Waals surface area contributed by atoms with Crippen molar-refractivity contribution in [3.05, 3.63) is 11.7 Å². The summed E-state index contributed by atoms with van der Waals surface area (Å²) in [6.07, 6.45) is 3.67. The number of ether oxygens (including phenoxy) is 1. The Morgan fingerprint density at radius 1 is 1.35 bits per heavy atom. The van der Waals surface area contributed by atoms with E-state index in [1.165, 1.54) is 19.4 Å². The minimum atomic E-state index is -0.0291. The van der Waals surface area contributed by atoms with Crippen LogP contribution in [0, 0.1) is 5.92 Å². The molecule has 1 aromatic rings. The van der Waals surface area contributed by atoms with Crippen LogP contribution >= 0.6 is 0 Å². The van der Waals surface area contributed by atoms with E-state index in [9.17, 15) is 0 Å². The topological polar surface area (TPSA) is 63.4 Å². The molecule has 4 atom stereocenters. The van der Waals surface area contributed by atoms with E-state index < -0.39 is 0 Å². The molecule has 4 rings (SSSR count). The van der Waals surface area contributed by atoms with Crippen LogP contribution in [0.4, 0.5) is 0 Å². The minimum Gasteiger partial charge on any atom is -0.367 e. The number of rotatable bonds is 2. The third-order valence-corrected chi connectivity index (χ3v) is 4.93. The van der Waals surface area contributed by atoms with Crippen molar-refractivity contribution < 1.29 is 9.26 Å². The summed E-state index contributed by atoms with van der Waals surface area (Å²) in [6.45, 7) is 6.12. The van der Waals surface area contributed by atoms with Crippen molar-refractivity contribution in [3.8, 4) is 0 Å². The molecule has 1 N–H and O–H groups in total. The number of nitrogens with one attached hydrogen (secondary N) is 1. The molecule has 0 bridgehead atoms. The van der Waals surface area contributed by atoms with Gasteiger partial charge in [-0.1, -0.05) is 12.1 Å². The molecule has 110 valence electrons. The summed E-state index contributed by atoms with van der Waals surface area (Å²) in [4.78, 5) is 7.09. The lowest BCUT2D eigenvalue weighted by atomic mass is 10.0. The summed E-state index contributed by atoms with van der Waals surface area (Å²) >= 11 is 0. The van der Waals surface area contributed by atoms with Gasteiger partial charge in [0, 0.05) is 12.6 Å². The average molecular weight is 278 g/mol. The Morgan fingerprint density at radius 2 is 2.30 bits per heavy atom. The molecule has 3 fully saturated rings. The van der Waals surface area contributed by atoms with Crippen LogP contribution in [-0.4, -0.2) is 47.3 Å². The largest absolute Gasteiger partial charge is 0.367 e. The van der Waals surface area contributed by atoms with Gasteiger partial charge in [0.2, 0.25) is 11.7 Å². The molecule has 3 aliphatic rings. The molecule has 0 aliphatic carbocycles. The van der Waals surface area contributed by atoms with Crippen LogP contribution in [0.3, 0.4) is 0 Å². The lowest BCUT2D eigenvalue weighted by Crippen LogP contribution is -2.42. The quantitative estimate of drug-likeness (QED) is 0.879. The molecular formula is C14H22N4O2. The number of hydrogen-bond acceptors (Lipinski definition) is 6. The molecule has 4 heterocycles. The van der Waals surface area contributed by atoms with Crippen molar-refractivity contribution in [2.24, 2.45) is 5.92 Å². The van der Waals surface area contributed by atoms with E-state index in [1.54, 1.807) is 0 Å². The number of hydrogen-bond donors (Lipinski definition) is 1. The van der Waals surface area contributed by atoms with Gasteiger partial charge in [0.1, 0.15) is 6.10 Å². The molecule has 20 heavy (non-hydrogen) atoms. The first-order valence-electron chi connectivity index (χ1n) is 7.74. The van der Waals surface area contributed by atoms with Crippen LogP contribution in [0.15, 0.2) is 4.52 Å². The first kappa shape index (κ1) is 12.7. The SMILES string of the molecule is CC1CCNC1c1nc(C2CN3CCCC3CO2)no1. The second-order valence-electron chi connectivity index (χ2n) is 6.30. The Labute approximate surface area is 118 Å². The van der Waals surface area contributed by atoms with Gasteiger partial charge < -0.3 is 14.6 Å². The van der Waals surface area contributed by atoms with E-state index in [4.69, 9.17) is 9.26 Å². The highest BCUT2D eigenvalue weighted by atomic mass is 16.5. The van der Waals surface area contributed by atoms with Crippen molar-refractivity contribution in [2.45, 2.75) is 44.4 Å². The van der Waals surface area contributed by atoms with E-state index in [0.717, 1.165) is 32.0 Å². The van der Waals surface area contributed by atoms with Gasteiger partial charge in [0.15, 0.2) is 0 Å². The Morgan fingerprint density at radius 3 is 3.15 bits per heavy atom. The molecule has 1 aromatic heterocycles. The van der Waals surface area contributed by atoms with Gasteiger partial charge in [-0.25, -0.2) is 0 Å². The summed E-state index contributed by atoms with van der Waals surface area (Å²) < 4.78 is 11.4. The van der Waals surface area contributed by atoms with Crippen molar-refractivity contribution in [3.63, 3.8) is 0 Å². The van der Waals surface area contributed by atoms with Gasteiger partial charge in [0.25, 0.3) is 0 Å². The van der Waals surface area contributed by atoms with Crippen LogP contribution in [0.25, 0.3) is 0 Å². The van der Waals surface area contributed by atoms with Crippen LogP contribution in [0.5, 0.6) is 0 Å². The zero-order valence-electron chi connectivity index (χ0n) is 11.9. The van der Waals surface area contributed by atoms with Crippen molar-refractivity contribution in [1.82, 2.24) is 20.4 Å². The smallest absolute Gasteiger partial charge is 0.244 e. The molecule has 3 saturated heterocycles. The highest BCUT2D eigenvalue weighted by Crippen LogP contribution is 2.31. The summed E-state index contributed by atoms with van der Waals surface area (Å²) in [5.74, 6) is 1.99. The Bertz CT molecular complexity index is 477. The molecule has 0 spiro atoms. The minimum absolute atomic E-state index is 0.0291. The lowest BCUT2D eigenvalue weighted by Gasteiger charge is -2.33. The second kappa shape index (κ2) is 5.09. The number of nitrogens with zero attached hydrogens (tertiary/aromatic N) is 3. The van der Waals surface area contributed by atoms with Gasteiger partial charge in [-0.05, 0) is 38.3 Å². The van der Waals surface area contributed by atoms with Crippen LogP contribution in [0.1, 0.15) is 50.0 Å². The summed E-state index contributed by atoms with van der Waals surface area (Å²) in [5.41, 5.74) is 0. The monoisotopic (exact) mass is 278 g/mol. The molecule has 0 radical (unpaired) electrons. The molecule has 0 saturated carbocycles. The van der Waals surface area contributed by atoms with E-state index in [2.05, 4.69) is 27.3 Å². The van der Waals surface area contributed by atoms with E-state index in [0.29, 0.717) is 17.8 Å². The molecule has 0 amide bonds. The van der Waals surface area contributed by atoms with Gasteiger partial charge in [-0.15, -0.1) is 0 Å². The van der Waals surface area contributed by atoms with Crippen LogP contribution in [0.2, 0.25) is 0 Å². The lowest BCUT2D eigenvalue weighted by molar-refractivity contribution is -0.0548. The first-order chi connectivity index (χ1) is 9.81. The maximum Gasteiger partial charge on any atom is 0.244 e. The zero-order chi connectivity index (χ0) is 13.5. The number of aromatic nitrogens is 2. The fraction of sp³-hybridized carbons (Fsp3) is 0.857. The fourth-order valence-electron chi connectivity index (χ4n) is 3.64. The summed E-state index contributed by atoms with van der Waals surface area (Å²) in [7, 11) is 0. The normalized spacial score (nSPS) is 38.2. The molecule has 4 unspecified atom stereocenters. The van der Waals surface area contributed by atoms with Crippen molar-refractivity contribution in [2.75, 3.05) is 26.2 Å². The van der Waals surface area contributed by atoms with Crippen LogP contribution in [-0.2, 0) is 4.74 Å². The molecule has 6 nitrogen and oxygen atoms in total. The van der Waals surface area contributed by atoms with Crippen molar-refractivity contribution in [1.29, 1.82) is 0 Å². The maximum atomic E-state index is 5.93. The first-order valence-corrected chi connectivity index (χ1v) is 7.74. The van der Waals surface area contributed by atoms with Gasteiger partial charge in [-0.2, -0.15) is 4.98 Å². The molecule has 6 heteroatoms. The highest BCUT2D eigenvalue weighted by Gasteiger charge is 2.36. The molecule has 3 aliphatic heterocycles. The van der Waals surface area contributed by atoms with Gasteiger partial charge in [-0.3, -0.25) is 4.90 Å². The van der Waals surface area contributed by atoms with Gasteiger partial charge >= 0.3 is 0 Å². The molecular weight excluding hydrogens is 256 g/mol. The predicted molar refractivity (Wildman–Crippen MR) is 72.1 cm³/mol. The maximum absolute atomic E-state index is 5.93. The highest BCUT2D eigenvalue weighted by molar-refractivity contribution is 5.02. The predicted octanol–water partition coefficient (Wildman–Crippen LogP) is 1.28. The Kier molecular flexibility index (Phi) is 3.24. The summed E-state index contributed by atoms with van der Waals surface area (Å²) in [5, 5.41) is 7.58. The molecule has 0 aromatic carbocycles. The Hall–Kier alpha value is -0.980. The summed E-state index contributed by atoms with van der Waals surface area (Å²) in [6, 6.07) is 0.813. The second-order valence-corrected chi connectivity index (χ2v) is 6.30. The third-order valence-electron chi connectivity index (χ3n) is 4.93. The number of fused-ring (bicyclic) bond motifs is 1. The standard InChI is InChI=1S/C14H22N4O2/c1-9-4-5-15-12(9)14-16-13(17-20-14)11-7-18-6-2-3-10(18)8-19-11/h9-12,15H,2-8H2,1H3. The fourth-order valence-corrected chi connectivity index (χ4v) is 3.64. The third kappa shape index (κ3) is 2.16. The van der Waals surface area contributed by atoms with Crippen LogP contribution < -0.4 is 5.32 Å². The van der Waals surface area contributed by atoms with Crippen molar-refractivity contribution >= 4 is 0 Å².